The maximum atomic E-state index is 12.1. The zero-order chi connectivity index (χ0) is 16.4. The van der Waals surface area contributed by atoms with E-state index in [1.807, 2.05) is 0 Å². The van der Waals surface area contributed by atoms with Crippen LogP contribution in [0.4, 0.5) is 0 Å². The first kappa shape index (κ1) is 16.2. The third-order valence-electron chi connectivity index (χ3n) is 4.21. The van der Waals surface area contributed by atoms with Crippen LogP contribution in [0.3, 0.4) is 0 Å². The summed E-state index contributed by atoms with van der Waals surface area (Å²) in [4.78, 5) is 12.6. The Labute approximate surface area is 140 Å². The van der Waals surface area contributed by atoms with E-state index in [1.165, 1.54) is 17.2 Å². The largest absolute Gasteiger partial charge is 0.351 e. The predicted molar refractivity (Wildman–Crippen MR) is 91.9 cm³/mol. The normalized spacial score (nSPS) is 17.0. The van der Waals surface area contributed by atoms with Crippen molar-refractivity contribution < 1.29 is 13.2 Å². The highest BCUT2D eigenvalue weighted by molar-refractivity contribution is 7.92. The van der Waals surface area contributed by atoms with E-state index in [2.05, 4.69) is 29.6 Å². The Morgan fingerprint density at radius 3 is 2.78 bits per heavy atom. The van der Waals surface area contributed by atoms with E-state index in [0.29, 0.717) is 17.3 Å². The number of aryl methyl sites for hydroxylation is 1. The summed E-state index contributed by atoms with van der Waals surface area (Å²) in [5.41, 5.74) is 2.82. The van der Waals surface area contributed by atoms with E-state index in [4.69, 9.17) is 0 Å². The molecule has 1 aromatic heterocycles. The summed E-state index contributed by atoms with van der Waals surface area (Å²) in [6.07, 6.45) is 4.30. The van der Waals surface area contributed by atoms with Crippen LogP contribution in [-0.2, 0) is 16.3 Å². The molecule has 1 N–H and O–H groups in total. The number of nitrogens with one attached hydrogen (secondary N) is 1. The van der Waals surface area contributed by atoms with Crippen molar-refractivity contribution >= 4 is 27.1 Å². The maximum absolute atomic E-state index is 12.1. The van der Waals surface area contributed by atoms with Crippen molar-refractivity contribution in [2.24, 2.45) is 0 Å². The summed E-state index contributed by atoms with van der Waals surface area (Å²) in [7, 11) is -3.24. The van der Waals surface area contributed by atoms with Crippen LogP contribution in [0.1, 0.15) is 39.6 Å². The maximum Gasteiger partial charge on any atom is 0.261 e. The lowest BCUT2D eigenvalue weighted by molar-refractivity contribution is 0.0956. The van der Waals surface area contributed by atoms with E-state index in [9.17, 15) is 13.2 Å². The first-order valence-electron chi connectivity index (χ1n) is 7.61. The SMILES string of the molecule is CS(=O)(=O)c1ccc(C(=O)NCCC2CCc3ccccc32)s1. The summed E-state index contributed by atoms with van der Waals surface area (Å²) in [5, 5.41) is 2.90. The Bertz CT molecular complexity index is 824. The molecule has 1 amide bonds. The number of carbonyl (C=O) groups excluding carboxylic acids is 1. The number of hydrogen-bond acceptors (Lipinski definition) is 4. The van der Waals surface area contributed by atoms with Gasteiger partial charge in [0.25, 0.3) is 5.91 Å². The van der Waals surface area contributed by atoms with Gasteiger partial charge in [-0.15, -0.1) is 11.3 Å². The molecule has 0 saturated heterocycles. The lowest BCUT2D eigenvalue weighted by atomic mass is 9.98. The molecule has 1 unspecified atom stereocenters. The number of amides is 1. The van der Waals surface area contributed by atoms with E-state index in [0.717, 1.165) is 36.9 Å². The molecule has 0 saturated carbocycles. The molecule has 1 atom stereocenters. The number of hydrogen-bond donors (Lipinski definition) is 1. The molecule has 4 nitrogen and oxygen atoms in total. The van der Waals surface area contributed by atoms with Gasteiger partial charge in [0.05, 0.1) is 4.88 Å². The molecule has 1 aliphatic rings. The summed E-state index contributed by atoms with van der Waals surface area (Å²) >= 11 is 1.02. The molecule has 1 aliphatic carbocycles. The van der Waals surface area contributed by atoms with Crippen molar-refractivity contribution in [1.82, 2.24) is 5.32 Å². The van der Waals surface area contributed by atoms with Gasteiger partial charge in [-0.05, 0) is 48.4 Å². The molecule has 0 fully saturated rings. The van der Waals surface area contributed by atoms with Gasteiger partial charge >= 0.3 is 0 Å². The number of sulfone groups is 1. The third-order valence-corrected chi connectivity index (χ3v) is 7.11. The smallest absolute Gasteiger partial charge is 0.261 e. The Morgan fingerprint density at radius 2 is 2.04 bits per heavy atom. The lowest BCUT2D eigenvalue weighted by Crippen LogP contribution is -2.24. The number of rotatable bonds is 5. The third kappa shape index (κ3) is 3.64. The van der Waals surface area contributed by atoms with Crippen molar-refractivity contribution in [3.05, 3.63) is 52.4 Å². The van der Waals surface area contributed by atoms with Crippen molar-refractivity contribution in [1.29, 1.82) is 0 Å². The molecule has 6 heteroatoms. The number of carbonyl (C=O) groups is 1. The second kappa shape index (κ2) is 6.45. The van der Waals surface area contributed by atoms with Gasteiger partial charge < -0.3 is 5.32 Å². The van der Waals surface area contributed by atoms with Gasteiger partial charge in [-0.3, -0.25) is 4.79 Å². The molecular formula is C17H19NO3S2. The van der Waals surface area contributed by atoms with Crippen LogP contribution in [-0.4, -0.2) is 27.1 Å². The van der Waals surface area contributed by atoms with Gasteiger partial charge in [0.2, 0.25) is 0 Å². The Morgan fingerprint density at radius 1 is 1.26 bits per heavy atom. The molecule has 1 heterocycles. The Kier molecular flexibility index (Phi) is 4.55. The molecule has 122 valence electrons. The minimum Gasteiger partial charge on any atom is -0.351 e. The molecule has 0 radical (unpaired) electrons. The minimum atomic E-state index is -3.24. The Hall–Kier alpha value is -1.66. The van der Waals surface area contributed by atoms with Gasteiger partial charge in [0.15, 0.2) is 9.84 Å². The van der Waals surface area contributed by atoms with Crippen molar-refractivity contribution in [2.45, 2.75) is 29.4 Å². The monoisotopic (exact) mass is 349 g/mol. The molecule has 1 aromatic carbocycles. The van der Waals surface area contributed by atoms with Crippen molar-refractivity contribution in [3.8, 4) is 0 Å². The van der Waals surface area contributed by atoms with E-state index < -0.39 is 9.84 Å². The van der Waals surface area contributed by atoms with Crippen LogP contribution in [0.5, 0.6) is 0 Å². The topological polar surface area (TPSA) is 63.2 Å². The fourth-order valence-electron chi connectivity index (χ4n) is 3.03. The standard InChI is InChI=1S/C17H19NO3S2/c1-23(20,21)16-9-8-15(22-16)17(19)18-11-10-13-7-6-12-4-2-3-5-14(12)13/h2-5,8-9,13H,6-7,10-11H2,1H3,(H,18,19). The average Bonchev–Trinajstić information content (AvgIpc) is 3.14. The number of thiophene rings is 1. The Balaban J connectivity index is 1.55. The quantitative estimate of drug-likeness (QED) is 0.902. The van der Waals surface area contributed by atoms with Crippen LogP contribution in [0.15, 0.2) is 40.6 Å². The van der Waals surface area contributed by atoms with Crippen LogP contribution in [0.25, 0.3) is 0 Å². The number of benzene rings is 1. The van der Waals surface area contributed by atoms with E-state index in [-0.39, 0.29) is 10.1 Å². The highest BCUT2D eigenvalue weighted by Gasteiger charge is 2.22. The first-order chi connectivity index (χ1) is 10.9. The first-order valence-corrected chi connectivity index (χ1v) is 10.3. The van der Waals surface area contributed by atoms with E-state index in [1.54, 1.807) is 6.07 Å². The van der Waals surface area contributed by atoms with Gasteiger partial charge in [-0.2, -0.15) is 0 Å². The highest BCUT2D eigenvalue weighted by atomic mass is 32.2. The van der Waals surface area contributed by atoms with Crippen LogP contribution in [0.2, 0.25) is 0 Å². The van der Waals surface area contributed by atoms with Gasteiger partial charge in [-0.1, -0.05) is 24.3 Å². The fraction of sp³-hybridized carbons (Fsp3) is 0.353. The zero-order valence-electron chi connectivity index (χ0n) is 12.9. The average molecular weight is 349 g/mol. The molecular weight excluding hydrogens is 330 g/mol. The number of fused-ring (bicyclic) bond motifs is 1. The lowest BCUT2D eigenvalue weighted by Gasteiger charge is -2.11. The molecule has 0 bridgehead atoms. The van der Waals surface area contributed by atoms with Gasteiger partial charge in [0.1, 0.15) is 4.21 Å². The molecule has 3 rings (SSSR count). The molecule has 2 aromatic rings. The fourth-order valence-corrected chi connectivity index (χ4v) is 4.88. The van der Waals surface area contributed by atoms with Crippen molar-refractivity contribution in [3.63, 3.8) is 0 Å². The summed E-state index contributed by atoms with van der Waals surface area (Å²) in [6, 6.07) is 11.5. The van der Waals surface area contributed by atoms with E-state index >= 15 is 0 Å². The van der Waals surface area contributed by atoms with Crippen molar-refractivity contribution in [2.75, 3.05) is 12.8 Å². The molecule has 0 spiro atoms. The summed E-state index contributed by atoms with van der Waals surface area (Å²) < 4.78 is 23.1. The van der Waals surface area contributed by atoms with Crippen LogP contribution < -0.4 is 5.32 Å². The van der Waals surface area contributed by atoms with Crippen LogP contribution >= 0.6 is 11.3 Å². The minimum absolute atomic E-state index is 0.198. The zero-order valence-corrected chi connectivity index (χ0v) is 14.5. The molecule has 23 heavy (non-hydrogen) atoms. The second-order valence-electron chi connectivity index (χ2n) is 5.87. The van der Waals surface area contributed by atoms with Gasteiger partial charge in [-0.25, -0.2) is 8.42 Å². The molecule has 0 aliphatic heterocycles. The predicted octanol–water partition coefficient (Wildman–Crippen LogP) is 3.00. The van der Waals surface area contributed by atoms with Gasteiger partial charge in [0, 0.05) is 12.8 Å². The summed E-state index contributed by atoms with van der Waals surface area (Å²) in [6.45, 7) is 0.601. The van der Waals surface area contributed by atoms with Crippen LogP contribution in [0, 0.1) is 0 Å². The highest BCUT2D eigenvalue weighted by Crippen LogP contribution is 2.34. The summed E-state index contributed by atoms with van der Waals surface area (Å²) in [5.74, 6) is 0.303. The second-order valence-corrected chi connectivity index (χ2v) is 9.20.